The largest absolute Gasteiger partial charge is 0.278 e. The molecule has 0 N–H and O–H groups in total. The Bertz CT molecular complexity index is 2530. The molecule has 0 radical (unpaired) electrons. The Labute approximate surface area is 259 Å². The van der Waals surface area contributed by atoms with Crippen molar-refractivity contribution < 1.29 is 0 Å². The molecule has 1 aliphatic rings. The maximum absolute atomic E-state index is 5.35. The fraction of sp³-hybridized carbons (Fsp3) is 0. The first-order chi connectivity index (χ1) is 22.3. The third-order valence-electron chi connectivity index (χ3n) is 9.36. The first-order valence-corrected chi connectivity index (χ1v) is 15.4. The monoisotopic (exact) mass is 571 g/mol. The minimum Gasteiger partial charge on any atom is -0.278 e. The van der Waals surface area contributed by atoms with Crippen molar-refractivity contribution in [2.45, 2.75) is 0 Å². The predicted molar refractivity (Wildman–Crippen MR) is 187 cm³/mol. The standard InChI is InChI=1S/C42H25N3/c1-2-10-26(11-3-1)27-22-24-29(25-23-27)41-34-14-4-5-19-35(34)43-42(44-41)45-36-20-8-17-32-30-15-6-12-28-13-7-16-31(38(28)30)33-18-9-21-37(45)40(33)39(32)36/h1-25H. The Kier molecular flexibility index (Phi) is 5.00. The van der Waals surface area contributed by atoms with Gasteiger partial charge < -0.3 is 0 Å². The smallest absolute Gasteiger partial charge is 0.235 e. The van der Waals surface area contributed by atoms with E-state index >= 15 is 0 Å². The van der Waals surface area contributed by atoms with Crippen molar-refractivity contribution in [3.05, 3.63) is 152 Å². The number of para-hydroxylation sites is 1. The summed E-state index contributed by atoms with van der Waals surface area (Å²) in [5.74, 6) is 0.678. The summed E-state index contributed by atoms with van der Waals surface area (Å²) in [4.78, 5) is 10.6. The number of benzene rings is 7. The molecule has 0 saturated carbocycles. The number of fused-ring (bicyclic) bond motifs is 3. The summed E-state index contributed by atoms with van der Waals surface area (Å²) >= 11 is 0. The van der Waals surface area contributed by atoms with E-state index in [0.717, 1.165) is 33.2 Å². The van der Waals surface area contributed by atoms with E-state index in [2.05, 4.69) is 156 Å². The summed E-state index contributed by atoms with van der Waals surface area (Å²) < 4.78 is 2.26. The highest BCUT2D eigenvalue weighted by Gasteiger charge is 2.25. The van der Waals surface area contributed by atoms with E-state index in [1.165, 1.54) is 54.9 Å². The van der Waals surface area contributed by atoms with Gasteiger partial charge in [-0.15, -0.1) is 0 Å². The lowest BCUT2D eigenvalue weighted by molar-refractivity contribution is 1.01. The van der Waals surface area contributed by atoms with E-state index in [1.54, 1.807) is 0 Å². The summed E-state index contributed by atoms with van der Waals surface area (Å²) in [6.45, 7) is 0. The molecule has 3 heteroatoms. The number of hydrogen-bond acceptors (Lipinski definition) is 2. The van der Waals surface area contributed by atoms with Crippen LogP contribution in [-0.2, 0) is 0 Å². The fourth-order valence-electron chi connectivity index (χ4n) is 7.40. The first-order valence-electron chi connectivity index (χ1n) is 15.4. The lowest BCUT2D eigenvalue weighted by atomic mass is 9.93. The molecule has 0 aliphatic heterocycles. The second-order valence-electron chi connectivity index (χ2n) is 11.8. The van der Waals surface area contributed by atoms with Crippen LogP contribution in [0.2, 0.25) is 0 Å². The van der Waals surface area contributed by atoms with Gasteiger partial charge in [-0.1, -0.05) is 133 Å². The van der Waals surface area contributed by atoms with Crippen molar-refractivity contribution in [1.82, 2.24) is 14.5 Å². The predicted octanol–water partition coefficient (Wildman–Crippen LogP) is 10.9. The van der Waals surface area contributed by atoms with E-state index in [4.69, 9.17) is 9.97 Å². The lowest BCUT2D eigenvalue weighted by Crippen LogP contribution is -2.03. The van der Waals surface area contributed by atoms with E-state index in [-0.39, 0.29) is 0 Å². The maximum Gasteiger partial charge on any atom is 0.235 e. The van der Waals surface area contributed by atoms with Crippen LogP contribution in [0.4, 0.5) is 0 Å². The molecule has 0 spiro atoms. The molecule has 0 saturated heterocycles. The van der Waals surface area contributed by atoms with Crippen LogP contribution in [0.5, 0.6) is 0 Å². The van der Waals surface area contributed by atoms with Crippen molar-refractivity contribution >= 4 is 43.5 Å². The van der Waals surface area contributed by atoms with E-state index in [0.29, 0.717) is 5.95 Å². The molecule has 0 amide bonds. The van der Waals surface area contributed by atoms with Crippen LogP contribution in [-0.4, -0.2) is 14.5 Å². The Morgan fingerprint density at radius 1 is 0.378 bits per heavy atom. The van der Waals surface area contributed by atoms with Gasteiger partial charge in [0, 0.05) is 21.7 Å². The molecule has 2 heterocycles. The molecule has 0 fully saturated rings. The molecule has 208 valence electrons. The molecule has 0 bridgehead atoms. The maximum atomic E-state index is 5.35. The van der Waals surface area contributed by atoms with Gasteiger partial charge in [0.1, 0.15) is 0 Å². The van der Waals surface area contributed by atoms with Crippen LogP contribution in [0, 0.1) is 0 Å². The molecule has 3 nitrogen and oxygen atoms in total. The van der Waals surface area contributed by atoms with Crippen molar-refractivity contribution in [3.63, 3.8) is 0 Å². The Morgan fingerprint density at radius 3 is 1.58 bits per heavy atom. The second-order valence-corrected chi connectivity index (χ2v) is 11.8. The average Bonchev–Trinajstić information content (AvgIpc) is 3.39. The number of aromatic nitrogens is 3. The minimum absolute atomic E-state index is 0.678. The molecule has 2 aromatic heterocycles. The molecule has 7 aromatic carbocycles. The van der Waals surface area contributed by atoms with Gasteiger partial charge >= 0.3 is 0 Å². The minimum atomic E-state index is 0.678. The third kappa shape index (κ3) is 3.46. The van der Waals surface area contributed by atoms with Crippen LogP contribution >= 0.6 is 0 Å². The molecule has 9 aromatic rings. The highest BCUT2D eigenvalue weighted by Crippen LogP contribution is 2.49. The Balaban J connectivity index is 1.27. The molecule has 0 unspecified atom stereocenters. The summed E-state index contributed by atoms with van der Waals surface area (Å²) in [6, 6.07) is 54.2. The molecule has 0 atom stereocenters. The molecule has 45 heavy (non-hydrogen) atoms. The van der Waals surface area contributed by atoms with Gasteiger partial charge in [-0.3, -0.25) is 4.57 Å². The summed E-state index contributed by atoms with van der Waals surface area (Å²) in [6.07, 6.45) is 0. The molecular weight excluding hydrogens is 546 g/mol. The summed E-state index contributed by atoms with van der Waals surface area (Å²) in [5.41, 5.74) is 12.6. The van der Waals surface area contributed by atoms with Gasteiger partial charge in [-0.05, 0) is 62.4 Å². The van der Waals surface area contributed by atoms with Gasteiger partial charge in [0.05, 0.1) is 22.2 Å². The average molecular weight is 572 g/mol. The van der Waals surface area contributed by atoms with Crippen LogP contribution in [0.3, 0.4) is 0 Å². The highest BCUT2D eigenvalue weighted by molar-refractivity contribution is 6.27. The summed E-state index contributed by atoms with van der Waals surface area (Å²) in [5, 5.41) is 6.11. The van der Waals surface area contributed by atoms with Crippen LogP contribution < -0.4 is 0 Å². The Morgan fingerprint density at radius 2 is 0.911 bits per heavy atom. The normalized spacial score (nSPS) is 12.0. The highest BCUT2D eigenvalue weighted by atomic mass is 15.2. The van der Waals surface area contributed by atoms with Crippen molar-refractivity contribution in [3.8, 4) is 50.6 Å². The fourth-order valence-corrected chi connectivity index (χ4v) is 7.40. The topological polar surface area (TPSA) is 30.7 Å². The SMILES string of the molecule is c1ccc(-c2ccc(-c3nc(-n4c5cccc6c5c5c(cccc54)-c4cccc5cccc-6c45)nc4ccccc34)cc2)cc1. The molecule has 10 rings (SSSR count). The van der Waals surface area contributed by atoms with Gasteiger partial charge in [-0.2, -0.15) is 0 Å². The van der Waals surface area contributed by atoms with Gasteiger partial charge in [0.2, 0.25) is 5.95 Å². The van der Waals surface area contributed by atoms with Crippen LogP contribution in [0.1, 0.15) is 0 Å². The van der Waals surface area contributed by atoms with Gasteiger partial charge in [0.25, 0.3) is 0 Å². The van der Waals surface area contributed by atoms with Crippen LogP contribution in [0.25, 0.3) is 94.1 Å². The number of nitrogens with zero attached hydrogens (tertiary/aromatic N) is 3. The third-order valence-corrected chi connectivity index (χ3v) is 9.36. The van der Waals surface area contributed by atoms with Crippen molar-refractivity contribution in [2.75, 3.05) is 0 Å². The van der Waals surface area contributed by atoms with E-state index < -0.39 is 0 Å². The summed E-state index contributed by atoms with van der Waals surface area (Å²) in [7, 11) is 0. The van der Waals surface area contributed by atoms with E-state index in [1.807, 2.05) is 0 Å². The van der Waals surface area contributed by atoms with Gasteiger partial charge in [0.15, 0.2) is 0 Å². The van der Waals surface area contributed by atoms with E-state index in [9.17, 15) is 0 Å². The first kappa shape index (κ1) is 24.4. The quantitative estimate of drug-likeness (QED) is 0.211. The molecule has 1 aliphatic carbocycles. The second kappa shape index (κ2) is 9.22. The van der Waals surface area contributed by atoms with Gasteiger partial charge in [-0.25, -0.2) is 9.97 Å². The zero-order valence-corrected chi connectivity index (χ0v) is 24.3. The van der Waals surface area contributed by atoms with Crippen LogP contribution in [0.15, 0.2) is 152 Å². The zero-order valence-electron chi connectivity index (χ0n) is 24.3. The lowest BCUT2D eigenvalue weighted by Gasteiger charge is -2.14. The molecular formula is C42H25N3. The van der Waals surface area contributed by atoms with Crippen molar-refractivity contribution in [1.29, 1.82) is 0 Å². The van der Waals surface area contributed by atoms with Crippen molar-refractivity contribution in [2.24, 2.45) is 0 Å². The number of hydrogen-bond donors (Lipinski definition) is 0. The number of rotatable bonds is 3. The zero-order chi connectivity index (χ0) is 29.5. The Hall–Kier alpha value is -6.06.